The molecule has 1 aliphatic heterocycles. The van der Waals surface area contributed by atoms with Crippen LogP contribution in [0.15, 0.2) is 0 Å². The summed E-state index contributed by atoms with van der Waals surface area (Å²) < 4.78 is 0. The molecule has 0 spiro atoms. The second kappa shape index (κ2) is 5.05. The van der Waals surface area contributed by atoms with E-state index < -0.39 is 0 Å². The minimum atomic E-state index is -0.197. The van der Waals surface area contributed by atoms with E-state index in [2.05, 4.69) is 11.8 Å². The van der Waals surface area contributed by atoms with E-state index in [4.69, 9.17) is 18.0 Å². The van der Waals surface area contributed by atoms with Crippen LogP contribution in [0.5, 0.6) is 0 Å². The molecule has 1 saturated heterocycles. The fourth-order valence-corrected chi connectivity index (χ4v) is 2.27. The van der Waals surface area contributed by atoms with Gasteiger partial charge in [0.25, 0.3) is 0 Å². The summed E-state index contributed by atoms with van der Waals surface area (Å²) in [5.74, 6) is 0.420. The molecule has 0 radical (unpaired) electrons. The van der Waals surface area contributed by atoms with E-state index in [-0.39, 0.29) is 6.10 Å². The van der Waals surface area contributed by atoms with Crippen LogP contribution in [0, 0.1) is 5.92 Å². The Kier molecular flexibility index (Phi) is 4.29. The fraction of sp³-hybridized carbons (Fsp3) is 0.900. The molecule has 3 unspecified atom stereocenters. The lowest BCUT2D eigenvalue weighted by molar-refractivity contribution is 0.123. The molecule has 14 heavy (non-hydrogen) atoms. The van der Waals surface area contributed by atoms with Gasteiger partial charge in [0.2, 0.25) is 0 Å². The van der Waals surface area contributed by atoms with Gasteiger partial charge in [0.05, 0.1) is 11.1 Å². The second-order valence-corrected chi connectivity index (χ2v) is 4.83. The molecule has 3 nitrogen and oxygen atoms in total. The molecule has 3 N–H and O–H groups in total. The van der Waals surface area contributed by atoms with Gasteiger partial charge >= 0.3 is 0 Å². The van der Waals surface area contributed by atoms with Crippen LogP contribution in [0.25, 0.3) is 0 Å². The van der Waals surface area contributed by atoms with Crippen LogP contribution >= 0.6 is 12.2 Å². The van der Waals surface area contributed by atoms with Gasteiger partial charge in [0, 0.05) is 19.0 Å². The van der Waals surface area contributed by atoms with Crippen LogP contribution < -0.4 is 5.73 Å². The van der Waals surface area contributed by atoms with E-state index >= 15 is 0 Å². The van der Waals surface area contributed by atoms with Crippen molar-refractivity contribution in [2.24, 2.45) is 11.7 Å². The monoisotopic (exact) mass is 216 g/mol. The first kappa shape index (κ1) is 11.9. The largest absolute Gasteiger partial charge is 0.393 e. The fourth-order valence-electron chi connectivity index (χ4n) is 2.03. The Labute approximate surface area is 91.3 Å². The van der Waals surface area contributed by atoms with E-state index in [1.54, 1.807) is 0 Å². The third kappa shape index (κ3) is 3.19. The highest BCUT2D eigenvalue weighted by Gasteiger charge is 2.28. The number of nitrogens with zero attached hydrogens (tertiary/aromatic N) is 1. The van der Waals surface area contributed by atoms with Crippen molar-refractivity contribution in [2.75, 3.05) is 13.1 Å². The van der Waals surface area contributed by atoms with Gasteiger partial charge in [-0.1, -0.05) is 12.2 Å². The topological polar surface area (TPSA) is 49.5 Å². The molecule has 82 valence electrons. The van der Waals surface area contributed by atoms with Crippen LogP contribution in [0.2, 0.25) is 0 Å². The Bertz CT molecular complexity index is 208. The number of rotatable bonds is 4. The van der Waals surface area contributed by atoms with Crippen LogP contribution in [-0.4, -0.2) is 40.2 Å². The maximum absolute atomic E-state index is 9.46. The van der Waals surface area contributed by atoms with Crippen molar-refractivity contribution in [3.8, 4) is 0 Å². The molecule has 0 aromatic heterocycles. The van der Waals surface area contributed by atoms with Crippen molar-refractivity contribution in [2.45, 2.75) is 38.8 Å². The Morgan fingerprint density at radius 2 is 2.29 bits per heavy atom. The van der Waals surface area contributed by atoms with Crippen LogP contribution in [0.1, 0.15) is 26.7 Å². The first-order valence-corrected chi connectivity index (χ1v) is 5.62. The Morgan fingerprint density at radius 1 is 1.64 bits per heavy atom. The molecule has 4 heteroatoms. The second-order valence-electron chi connectivity index (χ2n) is 4.30. The highest BCUT2D eigenvalue weighted by atomic mass is 32.1. The minimum absolute atomic E-state index is 0.197. The number of aliphatic hydroxyl groups is 1. The average molecular weight is 216 g/mol. The average Bonchev–Trinajstić information content (AvgIpc) is 2.50. The Hall–Kier alpha value is -0.190. The van der Waals surface area contributed by atoms with Crippen molar-refractivity contribution >= 4 is 17.2 Å². The number of hydrogen-bond acceptors (Lipinski definition) is 3. The summed E-state index contributed by atoms with van der Waals surface area (Å²) in [4.78, 5) is 2.94. The maximum Gasteiger partial charge on any atom is 0.0742 e. The number of hydrogen-bond donors (Lipinski definition) is 2. The molecule has 0 amide bonds. The molecule has 1 fully saturated rings. The Morgan fingerprint density at radius 3 is 2.71 bits per heavy atom. The summed E-state index contributed by atoms with van der Waals surface area (Å²) in [6.45, 7) is 6.04. The summed E-state index contributed by atoms with van der Waals surface area (Å²) in [6, 6.07) is 0.413. The zero-order valence-corrected chi connectivity index (χ0v) is 9.76. The van der Waals surface area contributed by atoms with Gasteiger partial charge in [-0.3, -0.25) is 4.90 Å². The predicted octanol–water partition coefficient (Wildman–Crippen LogP) is 0.754. The number of aliphatic hydroxyl groups excluding tert-OH is 1. The quantitative estimate of drug-likeness (QED) is 0.681. The zero-order valence-electron chi connectivity index (χ0n) is 8.94. The van der Waals surface area contributed by atoms with Gasteiger partial charge in [0.15, 0.2) is 0 Å². The van der Waals surface area contributed by atoms with E-state index in [0.717, 1.165) is 25.9 Å². The summed E-state index contributed by atoms with van der Waals surface area (Å²) in [5.41, 5.74) is 5.51. The molecule has 0 aromatic rings. The van der Waals surface area contributed by atoms with E-state index in [1.165, 1.54) is 0 Å². The molecular weight excluding hydrogens is 196 g/mol. The van der Waals surface area contributed by atoms with E-state index in [1.807, 2.05) is 6.92 Å². The summed E-state index contributed by atoms with van der Waals surface area (Å²) >= 11 is 4.89. The van der Waals surface area contributed by atoms with Crippen molar-refractivity contribution in [1.29, 1.82) is 0 Å². The van der Waals surface area contributed by atoms with Crippen LogP contribution in [-0.2, 0) is 0 Å². The summed E-state index contributed by atoms with van der Waals surface area (Å²) in [5, 5.41) is 9.46. The molecule has 0 saturated carbocycles. The van der Waals surface area contributed by atoms with Crippen molar-refractivity contribution in [1.82, 2.24) is 4.90 Å². The summed E-state index contributed by atoms with van der Waals surface area (Å²) in [6.07, 6.45) is 1.67. The molecular formula is C10H20N2OS. The number of likely N-dealkylation sites (tertiary alicyclic amines) is 1. The first-order chi connectivity index (χ1) is 6.50. The number of thiocarbonyl (C=S) groups is 1. The molecule has 0 aromatic carbocycles. The molecule has 0 aliphatic carbocycles. The van der Waals surface area contributed by atoms with Gasteiger partial charge in [0.1, 0.15) is 0 Å². The van der Waals surface area contributed by atoms with Gasteiger partial charge in [-0.2, -0.15) is 0 Å². The third-order valence-corrected chi connectivity index (χ3v) is 3.22. The summed E-state index contributed by atoms with van der Waals surface area (Å²) in [7, 11) is 0. The van der Waals surface area contributed by atoms with E-state index in [9.17, 15) is 5.11 Å². The molecule has 0 bridgehead atoms. The lowest BCUT2D eigenvalue weighted by atomic mass is 10.0. The molecule has 3 atom stereocenters. The van der Waals surface area contributed by atoms with Crippen LogP contribution in [0.3, 0.4) is 0 Å². The lowest BCUT2D eigenvalue weighted by Gasteiger charge is -2.24. The highest BCUT2D eigenvalue weighted by Crippen LogP contribution is 2.22. The predicted molar refractivity (Wildman–Crippen MR) is 62.2 cm³/mol. The molecule has 1 rings (SSSR count). The molecule has 1 heterocycles. The Balaban J connectivity index is 2.37. The van der Waals surface area contributed by atoms with Gasteiger partial charge in [-0.25, -0.2) is 0 Å². The van der Waals surface area contributed by atoms with Crippen molar-refractivity contribution in [3.05, 3.63) is 0 Å². The van der Waals surface area contributed by atoms with Gasteiger partial charge in [-0.15, -0.1) is 0 Å². The SMILES string of the molecule is CC(O)C1CCN(C(C)CC(N)=S)C1. The van der Waals surface area contributed by atoms with Crippen molar-refractivity contribution < 1.29 is 5.11 Å². The zero-order chi connectivity index (χ0) is 10.7. The molecule has 1 aliphatic rings. The first-order valence-electron chi connectivity index (χ1n) is 5.21. The van der Waals surface area contributed by atoms with Crippen LogP contribution in [0.4, 0.5) is 0 Å². The normalized spacial score (nSPS) is 27.5. The van der Waals surface area contributed by atoms with E-state index in [0.29, 0.717) is 16.9 Å². The van der Waals surface area contributed by atoms with Crippen molar-refractivity contribution in [3.63, 3.8) is 0 Å². The smallest absolute Gasteiger partial charge is 0.0742 e. The number of nitrogens with two attached hydrogens (primary N) is 1. The minimum Gasteiger partial charge on any atom is -0.393 e. The van der Waals surface area contributed by atoms with Gasteiger partial charge in [-0.05, 0) is 32.7 Å². The highest BCUT2D eigenvalue weighted by molar-refractivity contribution is 7.80. The third-order valence-electron chi connectivity index (χ3n) is 3.06. The lowest BCUT2D eigenvalue weighted by Crippen LogP contribution is -2.34. The standard InChI is InChI=1S/C10H20N2OS/c1-7(5-10(11)14)12-4-3-9(6-12)8(2)13/h7-9,13H,3-6H2,1-2H3,(H2,11,14). The van der Waals surface area contributed by atoms with Gasteiger partial charge < -0.3 is 10.8 Å². The maximum atomic E-state index is 9.46.